The summed E-state index contributed by atoms with van der Waals surface area (Å²) in [5.41, 5.74) is 5.80. The molecule has 3 N–H and O–H groups in total. The highest BCUT2D eigenvalue weighted by atomic mass is 35.5. The van der Waals surface area contributed by atoms with Crippen LogP contribution in [0, 0.1) is 0 Å². The molecule has 7 heteroatoms. The predicted octanol–water partition coefficient (Wildman–Crippen LogP) is 6.15. The van der Waals surface area contributed by atoms with Crippen molar-refractivity contribution in [1.82, 2.24) is 25.1 Å². The van der Waals surface area contributed by atoms with Crippen LogP contribution in [0.3, 0.4) is 0 Å². The Hall–Kier alpha value is -2.73. The van der Waals surface area contributed by atoms with E-state index in [0.717, 1.165) is 42.6 Å². The molecule has 0 aliphatic heterocycles. The van der Waals surface area contributed by atoms with Gasteiger partial charge >= 0.3 is 0 Å². The maximum atomic E-state index is 5.10. The van der Waals surface area contributed by atoms with Crippen LogP contribution in [0.1, 0.15) is 13.3 Å². The lowest BCUT2D eigenvalue weighted by Crippen LogP contribution is -2.15. The highest BCUT2D eigenvalue weighted by Crippen LogP contribution is 2.42. The normalized spacial score (nSPS) is 11.5. The van der Waals surface area contributed by atoms with Gasteiger partial charge in [-0.2, -0.15) is 0 Å². The summed E-state index contributed by atoms with van der Waals surface area (Å²) in [5, 5.41) is 16.3. The fraction of sp³-hybridized carbons (Fsp3) is 0.208. The van der Waals surface area contributed by atoms with E-state index in [-0.39, 0.29) is 24.8 Å². The van der Waals surface area contributed by atoms with E-state index in [1.165, 1.54) is 38.0 Å². The number of para-hydroxylation sites is 2. The van der Waals surface area contributed by atoms with Crippen LogP contribution in [0.15, 0.2) is 54.7 Å². The van der Waals surface area contributed by atoms with Gasteiger partial charge in [-0.3, -0.25) is 0 Å². The van der Waals surface area contributed by atoms with Gasteiger partial charge < -0.3 is 20.1 Å². The SMILES string of the molecule is CCNCCCn1c2ccccc2c2c3c[nH][nH]c3c3c4ccccc4nc3c21.Cl.Cl. The topological polar surface area (TPSA) is 61.4 Å². The molecule has 0 fully saturated rings. The van der Waals surface area contributed by atoms with E-state index in [1.54, 1.807) is 0 Å². The van der Waals surface area contributed by atoms with E-state index in [0.29, 0.717) is 0 Å². The van der Waals surface area contributed by atoms with Crippen molar-refractivity contribution in [1.29, 1.82) is 0 Å². The monoisotopic (exact) mass is 453 g/mol. The zero-order valence-electron chi connectivity index (χ0n) is 17.2. The Morgan fingerprint density at radius 2 is 1.71 bits per heavy atom. The number of hydrogen-bond acceptors (Lipinski definition) is 2. The van der Waals surface area contributed by atoms with Crippen molar-refractivity contribution in [3.8, 4) is 0 Å². The number of rotatable bonds is 5. The van der Waals surface area contributed by atoms with Gasteiger partial charge in [-0.25, -0.2) is 4.98 Å². The van der Waals surface area contributed by atoms with Crippen LogP contribution in [-0.4, -0.2) is 32.8 Å². The first-order chi connectivity index (χ1) is 14.4. The van der Waals surface area contributed by atoms with Crippen LogP contribution < -0.4 is 5.32 Å². The molecule has 6 rings (SSSR count). The third kappa shape index (κ3) is 3.07. The molecular weight excluding hydrogens is 429 g/mol. The fourth-order valence-electron chi connectivity index (χ4n) is 4.82. The molecule has 31 heavy (non-hydrogen) atoms. The molecule has 0 aliphatic rings. The minimum absolute atomic E-state index is 0. The molecule has 6 aromatic rings. The van der Waals surface area contributed by atoms with Gasteiger partial charge in [0.1, 0.15) is 0 Å². The average molecular weight is 454 g/mol. The summed E-state index contributed by atoms with van der Waals surface area (Å²) in [4.78, 5) is 5.10. The number of aromatic amines is 2. The first-order valence-corrected chi connectivity index (χ1v) is 10.4. The van der Waals surface area contributed by atoms with Crippen molar-refractivity contribution in [2.45, 2.75) is 19.9 Å². The van der Waals surface area contributed by atoms with Crippen LogP contribution in [0.5, 0.6) is 0 Å². The lowest BCUT2D eigenvalue weighted by molar-refractivity contribution is 0.612. The lowest BCUT2D eigenvalue weighted by Gasteiger charge is -2.09. The number of aryl methyl sites for hydroxylation is 1. The second-order valence-electron chi connectivity index (χ2n) is 7.65. The number of nitrogens with zero attached hydrogens (tertiary/aromatic N) is 2. The van der Waals surface area contributed by atoms with Crippen LogP contribution in [0.2, 0.25) is 0 Å². The summed E-state index contributed by atoms with van der Waals surface area (Å²) in [5.74, 6) is 0. The van der Waals surface area contributed by atoms with Crippen molar-refractivity contribution < 1.29 is 0 Å². The van der Waals surface area contributed by atoms with Gasteiger partial charge in [0.15, 0.2) is 0 Å². The Morgan fingerprint density at radius 1 is 0.935 bits per heavy atom. The first-order valence-electron chi connectivity index (χ1n) is 10.4. The molecule has 0 spiro atoms. The smallest absolute Gasteiger partial charge is 0.0981 e. The van der Waals surface area contributed by atoms with E-state index in [2.05, 4.69) is 81.7 Å². The predicted molar refractivity (Wildman–Crippen MR) is 136 cm³/mol. The minimum Gasteiger partial charge on any atom is -0.339 e. The number of H-pyrrole nitrogens is 2. The quantitative estimate of drug-likeness (QED) is 0.274. The van der Waals surface area contributed by atoms with Crippen molar-refractivity contribution in [2.24, 2.45) is 0 Å². The Kier molecular flexibility index (Phi) is 5.84. The molecule has 160 valence electrons. The molecule has 0 bridgehead atoms. The van der Waals surface area contributed by atoms with E-state index in [4.69, 9.17) is 4.98 Å². The largest absolute Gasteiger partial charge is 0.339 e. The number of nitrogens with one attached hydrogen (secondary N) is 3. The third-order valence-electron chi connectivity index (χ3n) is 6.03. The number of benzene rings is 3. The van der Waals surface area contributed by atoms with E-state index < -0.39 is 0 Å². The molecule has 5 nitrogen and oxygen atoms in total. The molecular formula is C24H25Cl2N5. The molecule has 0 atom stereocenters. The van der Waals surface area contributed by atoms with Crippen LogP contribution in [0.25, 0.3) is 54.5 Å². The van der Waals surface area contributed by atoms with Crippen molar-refractivity contribution in [2.75, 3.05) is 13.1 Å². The minimum atomic E-state index is 0. The molecule has 0 unspecified atom stereocenters. The zero-order valence-corrected chi connectivity index (χ0v) is 18.9. The van der Waals surface area contributed by atoms with Crippen molar-refractivity contribution >= 4 is 79.3 Å². The van der Waals surface area contributed by atoms with Crippen LogP contribution >= 0.6 is 24.8 Å². The Balaban J connectivity index is 0.00000116. The second-order valence-corrected chi connectivity index (χ2v) is 7.65. The summed E-state index contributed by atoms with van der Waals surface area (Å²) < 4.78 is 2.47. The molecule has 3 aromatic carbocycles. The molecule has 3 aromatic heterocycles. The van der Waals surface area contributed by atoms with Crippen LogP contribution in [0.4, 0.5) is 0 Å². The van der Waals surface area contributed by atoms with Gasteiger partial charge in [-0.05, 0) is 31.6 Å². The molecule has 0 saturated carbocycles. The average Bonchev–Trinajstić information content (AvgIpc) is 3.44. The number of hydrogen-bond donors (Lipinski definition) is 3. The molecule has 0 saturated heterocycles. The van der Waals surface area contributed by atoms with E-state index in [9.17, 15) is 0 Å². The standard InChI is InChI=1S/C24H23N5.2ClH/c1-2-25-12-7-13-29-19-11-6-4-9-16(19)20-17-14-26-28-22(17)21-15-8-3-5-10-18(15)27-23(21)24(20)29;;/h3-6,8-11,14,25-26,28H,2,7,12-13H2,1H3;2*1H. The van der Waals surface area contributed by atoms with Gasteiger partial charge in [-0.1, -0.05) is 43.3 Å². The number of halogens is 2. The van der Waals surface area contributed by atoms with Gasteiger partial charge in [0, 0.05) is 45.2 Å². The molecule has 3 heterocycles. The summed E-state index contributed by atoms with van der Waals surface area (Å²) >= 11 is 0. The molecule has 0 aliphatic carbocycles. The maximum absolute atomic E-state index is 5.10. The van der Waals surface area contributed by atoms with Crippen LogP contribution in [-0.2, 0) is 6.54 Å². The number of fused-ring (bicyclic) bond motifs is 10. The highest BCUT2D eigenvalue weighted by Gasteiger charge is 2.21. The van der Waals surface area contributed by atoms with Crippen molar-refractivity contribution in [3.05, 3.63) is 54.7 Å². The number of aromatic nitrogens is 4. The second kappa shape index (κ2) is 8.42. The highest BCUT2D eigenvalue weighted by molar-refractivity contribution is 6.34. The lowest BCUT2D eigenvalue weighted by atomic mass is 10.0. The Bertz CT molecular complexity index is 1510. The van der Waals surface area contributed by atoms with Gasteiger partial charge in [0.05, 0.1) is 22.1 Å². The molecule has 0 amide bonds. The maximum Gasteiger partial charge on any atom is 0.0981 e. The Labute approximate surface area is 192 Å². The molecule has 0 radical (unpaired) electrons. The van der Waals surface area contributed by atoms with E-state index in [1.807, 2.05) is 0 Å². The summed E-state index contributed by atoms with van der Waals surface area (Å²) in [6, 6.07) is 17.2. The summed E-state index contributed by atoms with van der Waals surface area (Å²) in [6.45, 7) is 5.15. The first kappa shape index (κ1) is 21.5. The summed E-state index contributed by atoms with van der Waals surface area (Å²) in [7, 11) is 0. The van der Waals surface area contributed by atoms with Gasteiger partial charge in [0.2, 0.25) is 0 Å². The third-order valence-corrected chi connectivity index (χ3v) is 6.03. The van der Waals surface area contributed by atoms with Gasteiger partial charge in [0.25, 0.3) is 0 Å². The van der Waals surface area contributed by atoms with E-state index >= 15 is 0 Å². The van der Waals surface area contributed by atoms with Crippen molar-refractivity contribution in [3.63, 3.8) is 0 Å². The fourth-order valence-corrected chi connectivity index (χ4v) is 4.82. The van der Waals surface area contributed by atoms with Gasteiger partial charge in [-0.15, -0.1) is 24.8 Å². The summed E-state index contributed by atoms with van der Waals surface area (Å²) in [6.07, 6.45) is 3.18. The Morgan fingerprint density at radius 3 is 2.55 bits per heavy atom. The zero-order chi connectivity index (χ0) is 19.4.